The van der Waals surface area contributed by atoms with Crippen LogP contribution in [0.15, 0.2) is 4.99 Å². The van der Waals surface area contributed by atoms with Crippen LogP contribution in [0.25, 0.3) is 0 Å². The highest BCUT2D eigenvalue weighted by Gasteiger charge is 2.27. The van der Waals surface area contributed by atoms with E-state index in [0.717, 1.165) is 32.1 Å². The Labute approximate surface area is 85.5 Å². The molecule has 0 bridgehead atoms. The lowest BCUT2D eigenvalue weighted by atomic mass is 10.2. The minimum atomic E-state index is 0.315. The second-order valence-corrected chi connectivity index (χ2v) is 4.27. The van der Waals surface area contributed by atoms with Crippen LogP contribution in [0.3, 0.4) is 0 Å². The van der Waals surface area contributed by atoms with Crippen LogP contribution in [0, 0.1) is 0 Å². The number of guanidine groups is 1. The highest BCUT2D eigenvalue weighted by Crippen LogP contribution is 2.14. The number of ether oxygens (including phenoxy) is 1. The molecule has 4 heteroatoms. The summed E-state index contributed by atoms with van der Waals surface area (Å²) in [5.74, 6) is 1.15. The van der Waals surface area contributed by atoms with Crippen molar-refractivity contribution in [3.8, 4) is 0 Å². The van der Waals surface area contributed by atoms with Crippen LogP contribution in [0.4, 0.5) is 0 Å². The van der Waals surface area contributed by atoms with Gasteiger partial charge in [0.05, 0.1) is 18.8 Å². The molecule has 2 rings (SSSR count). The minimum absolute atomic E-state index is 0.315. The monoisotopic (exact) mass is 197 g/mol. The largest absolute Gasteiger partial charge is 0.372 e. The van der Waals surface area contributed by atoms with Crippen molar-refractivity contribution < 1.29 is 4.74 Å². The molecular weight excluding hydrogens is 178 g/mol. The maximum absolute atomic E-state index is 5.70. The Morgan fingerprint density at radius 2 is 1.93 bits per heavy atom. The van der Waals surface area contributed by atoms with E-state index in [2.05, 4.69) is 35.7 Å². The van der Waals surface area contributed by atoms with E-state index >= 15 is 0 Å². The fraction of sp³-hybridized carbons (Fsp3) is 0.900. The first-order chi connectivity index (χ1) is 6.66. The predicted molar refractivity (Wildman–Crippen MR) is 56.5 cm³/mol. The Kier molecular flexibility index (Phi) is 2.63. The first-order valence-corrected chi connectivity index (χ1v) is 5.33. The molecule has 0 saturated carbocycles. The summed E-state index contributed by atoms with van der Waals surface area (Å²) in [5, 5.41) is 0. The minimum Gasteiger partial charge on any atom is -0.372 e. The zero-order valence-corrected chi connectivity index (χ0v) is 9.23. The molecule has 1 fully saturated rings. The van der Waals surface area contributed by atoms with Crippen LogP contribution in [-0.2, 0) is 4.74 Å². The summed E-state index contributed by atoms with van der Waals surface area (Å²) in [5.41, 5.74) is 0. The highest BCUT2D eigenvalue weighted by atomic mass is 16.5. The number of hydrogen-bond acceptors (Lipinski definition) is 4. The van der Waals surface area contributed by atoms with E-state index in [1.807, 2.05) is 0 Å². The molecule has 0 aromatic rings. The first kappa shape index (κ1) is 9.77. The van der Waals surface area contributed by atoms with Crippen LogP contribution in [0.1, 0.15) is 13.8 Å². The number of hydrogen-bond donors (Lipinski definition) is 0. The Balaban J connectivity index is 2.03. The quantitative estimate of drug-likeness (QED) is 0.562. The average Bonchev–Trinajstić information content (AvgIpc) is 2.49. The molecule has 4 nitrogen and oxygen atoms in total. The Morgan fingerprint density at radius 3 is 2.43 bits per heavy atom. The van der Waals surface area contributed by atoms with Crippen molar-refractivity contribution in [2.75, 3.05) is 33.2 Å². The molecule has 2 heterocycles. The third-order valence-corrected chi connectivity index (χ3v) is 2.73. The van der Waals surface area contributed by atoms with Gasteiger partial charge < -0.3 is 14.5 Å². The molecule has 0 radical (unpaired) electrons. The molecule has 0 aromatic heterocycles. The standard InChI is InChI=1S/C10H19N3O/c1-8-6-13(7-9(2)14-8)10-11-4-5-12(10)3/h8-9H,4-7H2,1-3H3/t8-,9+. The SMILES string of the molecule is C[C@@H]1CN(C2=NCCN2C)C[C@H](C)O1. The van der Waals surface area contributed by atoms with E-state index in [4.69, 9.17) is 4.74 Å². The van der Waals surface area contributed by atoms with E-state index < -0.39 is 0 Å². The van der Waals surface area contributed by atoms with Gasteiger partial charge in [-0.1, -0.05) is 0 Å². The lowest BCUT2D eigenvalue weighted by Gasteiger charge is -2.38. The molecule has 0 aromatic carbocycles. The van der Waals surface area contributed by atoms with E-state index in [0.29, 0.717) is 12.2 Å². The van der Waals surface area contributed by atoms with Gasteiger partial charge in [0.15, 0.2) is 5.96 Å². The smallest absolute Gasteiger partial charge is 0.196 e. The molecule has 14 heavy (non-hydrogen) atoms. The number of likely N-dealkylation sites (N-methyl/N-ethyl adjacent to an activating group) is 1. The normalized spacial score (nSPS) is 33.5. The van der Waals surface area contributed by atoms with Crippen LogP contribution in [0.5, 0.6) is 0 Å². The second kappa shape index (κ2) is 3.77. The lowest BCUT2D eigenvalue weighted by Crippen LogP contribution is -2.51. The molecule has 1 saturated heterocycles. The zero-order valence-electron chi connectivity index (χ0n) is 9.23. The first-order valence-electron chi connectivity index (χ1n) is 5.33. The van der Waals surface area contributed by atoms with E-state index in [9.17, 15) is 0 Å². The Bertz CT molecular complexity index is 232. The number of rotatable bonds is 0. The van der Waals surface area contributed by atoms with Crippen molar-refractivity contribution in [1.29, 1.82) is 0 Å². The van der Waals surface area contributed by atoms with Gasteiger partial charge in [-0.2, -0.15) is 0 Å². The van der Waals surface area contributed by atoms with Gasteiger partial charge in [-0.3, -0.25) is 4.99 Å². The summed E-state index contributed by atoms with van der Waals surface area (Å²) < 4.78 is 5.70. The molecule has 80 valence electrons. The lowest BCUT2D eigenvalue weighted by molar-refractivity contribution is -0.0502. The number of nitrogens with zero attached hydrogens (tertiary/aromatic N) is 3. The molecule has 0 aliphatic carbocycles. The molecule has 2 aliphatic heterocycles. The van der Waals surface area contributed by atoms with Gasteiger partial charge in [-0.25, -0.2) is 0 Å². The van der Waals surface area contributed by atoms with Crippen LogP contribution in [0.2, 0.25) is 0 Å². The van der Waals surface area contributed by atoms with Gasteiger partial charge in [0.25, 0.3) is 0 Å². The third kappa shape index (κ3) is 1.85. The van der Waals surface area contributed by atoms with Gasteiger partial charge in [0.1, 0.15) is 0 Å². The van der Waals surface area contributed by atoms with Gasteiger partial charge in [-0.15, -0.1) is 0 Å². The van der Waals surface area contributed by atoms with Crippen molar-refractivity contribution in [2.45, 2.75) is 26.1 Å². The van der Waals surface area contributed by atoms with Crippen LogP contribution < -0.4 is 0 Å². The maximum atomic E-state index is 5.70. The molecule has 0 spiro atoms. The van der Waals surface area contributed by atoms with E-state index in [1.165, 1.54) is 0 Å². The van der Waals surface area contributed by atoms with Gasteiger partial charge in [-0.05, 0) is 13.8 Å². The highest BCUT2D eigenvalue weighted by molar-refractivity contribution is 5.81. The predicted octanol–water partition coefficient (Wildman–Crippen LogP) is 0.397. The molecule has 0 N–H and O–H groups in total. The number of aliphatic imine (C=N–C) groups is 1. The summed E-state index contributed by atoms with van der Waals surface area (Å²) in [6, 6.07) is 0. The van der Waals surface area contributed by atoms with Gasteiger partial charge in [0.2, 0.25) is 0 Å². The Hall–Kier alpha value is -0.770. The molecular formula is C10H19N3O. The van der Waals surface area contributed by atoms with Crippen molar-refractivity contribution in [3.63, 3.8) is 0 Å². The summed E-state index contributed by atoms with van der Waals surface area (Å²) in [6.45, 7) is 8.17. The zero-order chi connectivity index (χ0) is 10.1. The topological polar surface area (TPSA) is 28.1 Å². The van der Waals surface area contributed by atoms with Crippen molar-refractivity contribution in [3.05, 3.63) is 0 Å². The summed E-state index contributed by atoms with van der Waals surface area (Å²) in [4.78, 5) is 9.09. The van der Waals surface area contributed by atoms with Crippen molar-refractivity contribution >= 4 is 5.96 Å². The second-order valence-electron chi connectivity index (χ2n) is 4.27. The molecule has 0 unspecified atom stereocenters. The van der Waals surface area contributed by atoms with E-state index in [1.54, 1.807) is 0 Å². The number of morpholine rings is 1. The average molecular weight is 197 g/mol. The fourth-order valence-electron chi connectivity index (χ4n) is 2.20. The van der Waals surface area contributed by atoms with Gasteiger partial charge >= 0.3 is 0 Å². The van der Waals surface area contributed by atoms with E-state index in [-0.39, 0.29) is 0 Å². The summed E-state index contributed by atoms with van der Waals surface area (Å²) in [7, 11) is 2.11. The van der Waals surface area contributed by atoms with Gasteiger partial charge in [0, 0.05) is 26.7 Å². The van der Waals surface area contributed by atoms with Crippen LogP contribution >= 0.6 is 0 Å². The fourth-order valence-corrected chi connectivity index (χ4v) is 2.20. The summed E-state index contributed by atoms with van der Waals surface area (Å²) in [6.07, 6.45) is 0.630. The third-order valence-electron chi connectivity index (χ3n) is 2.73. The summed E-state index contributed by atoms with van der Waals surface area (Å²) >= 11 is 0. The molecule has 0 amide bonds. The van der Waals surface area contributed by atoms with Crippen molar-refractivity contribution in [1.82, 2.24) is 9.80 Å². The Morgan fingerprint density at radius 1 is 1.29 bits per heavy atom. The van der Waals surface area contributed by atoms with Crippen molar-refractivity contribution in [2.24, 2.45) is 4.99 Å². The molecule has 2 aliphatic rings. The molecule has 2 atom stereocenters. The van der Waals surface area contributed by atoms with Crippen LogP contribution in [-0.4, -0.2) is 61.2 Å². The maximum Gasteiger partial charge on any atom is 0.196 e.